The van der Waals surface area contributed by atoms with Gasteiger partial charge in [0.2, 0.25) is 0 Å². The number of nitrogens with zero attached hydrogens (tertiary/aromatic N) is 2. The van der Waals surface area contributed by atoms with Crippen LogP contribution >= 0.6 is 0 Å². The molecule has 160 valence electrons. The fourth-order valence-corrected chi connectivity index (χ4v) is 3.33. The molecule has 0 radical (unpaired) electrons. The molecule has 0 spiro atoms. The lowest BCUT2D eigenvalue weighted by molar-refractivity contribution is -0.0840. The van der Waals surface area contributed by atoms with Crippen molar-refractivity contribution in [1.82, 2.24) is 9.55 Å². The Morgan fingerprint density at radius 2 is 1.53 bits per heavy atom. The highest BCUT2D eigenvalue weighted by Gasteiger charge is 2.21. The number of aryl methyl sites for hydroxylation is 1. The van der Waals surface area contributed by atoms with Crippen LogP contribution in [-0.4, -0.2) is 35.0 Å². The van der Waals surface area contributed by atoms with Gasteiger partial charge in [-0.1, -0.05) is 30.7 Å². The van der Waals surface area contributed by atoms with E-state index in [-0.39, 0.29) is 6.10 Å². The van der Waals surface area contributed by atoms with Crippen molar-refractivity contribution in [3.63, 3.8) is 0 Å². The highest BCUT2D eigenvalue weighted by atomic mass is 16.5. The second kappa shape index (κ2) is 11.4. The van der Waals surface area contributed by atoms with Crippen LogP contribution < -0.4 is 9.47 Å². The van der Waals surface area contributed by atoms with Gasteiger partial charge in [0.05, 0.1) is 27.2 Å². The van der Waals surface area contributed by atoms with Crippen LogP contribution in [0.15, 0.2) is 67.3 Å². The van der Waals surface area contributed by atoms with Gasteiger partial charge >= 0.3 is 0 Å². The second-order valence-corrected chi connectivity index (χ2v) is 7.21. The van der Waals surface area contributed by atoms with E-state index in [2.05, 4.69) is 17.1 Å². The lowest BCUT2D eigenvalue weighted by Gasteiger charge is -2.24. The first-order chi connectivity index (χ1) is 14.7. The van der Waals surface area contributed by atoms with E-state index in [1.807, 2.05) is 36.4 Å². The molecule has 0 aliphatic carbocycles. The number of benzene rings is 2. The standard InChI is InChI=1S/C24H30N2O4/c1-28-21-11-7-19(8-12-21)5-3-4-6-23(24(27)26-16-15-25-18-26)30-17-20-9-13-22(29-2)14-10-20/h7-16,18,23-24,27H,3-6,17H2,1-2H3. The number of hydrogen-bond donors (Lipinski definition) is 1. The van der Waals surface area contributed by atoms with E-state index in [1.165, 1.54) is 5.56 Å². The van der Waals surface area contributed by atoms with E-state index in [0.29, 0.717) is 6.61 Å². The molecule has 2 aromatic carbocycles. The molecule has 30 heavy (non-hydrogen) atoms. The van der Waals surface area contributed by atoms with Crippen LogP contribution in [0.5, 0.6) is 11.5 Å². The van der Waals surface area contributed by atoms with Crippen LogP contribution in [-0.2, 0) is 17.8 Å². The van der Waals surface area contributed by atoms with Crippen LogP contribution in [0.25, 0.3) is 0 Å². The van der Waals surface area contributed by atoms with E-state index in [0.717, 1.165) is 42.7 Å². The number of aliphatic hydroxyl groups is 1. The van der Waals surface area contributed by atoms with Crippen LogP contribution in [0.1, 0.15) is 36.6 Å². The maximum Gasteiger partial charge on any atom is 0.157 e. The molecule has 0 bridgehead atoms. The summed E-state index contributed by atoms with van der Waals surface area (Å²) in [7, 11) is 3.32. The third-order valence-corrected chi connectivity index (χ3v) is 5.15. The molecule has 1 heterocycles. The number of aliphatic hydroxyl groups excluding tert-OH is 1. The molecule has 6 heteroatoms. The summed E-state index contributed by atoms with van der Waals surface area (Å²) in [6.45, 7) is 0.429. The van der Waals surface area contributed by atoms with Crippen molar-refractivity contribution < 1.29 is 19.3 Å². The van der Waals surface area contributed by atoms with Gasteiger partial charge in [0.1, 0.15) is 17.6 Å². The third-order valence-electron chi connectivity index (χ3n) is 5.15. The molecule has 6 nitrogen and oxygen atoms in total. The Morgan fingerprint density at radius 3 is 2.10 bits per heavy atom. The van der Waals surface area contributed by atoms with Crippen LogP contribution in [0.4, 0.5) is 0 Å². The zero-order chi connectivity index (χ0) is 21.2. The van der Waals surface area contributed by atoms with Crippen LogP contribution in [0.3, 0.4) is 0 Å². The fraction of sp³-hybridized carbons (Fsp3) is 0.375. The minimum atomic E-state index is -0.772. The summed E-state index contributed by atoms with van der Waals surface area (Å²) >= 11 is 0. The minimum absolute atomic E-state index is 0.322. The summed E-state index contributed by atoms with van der Waals surface area (Å²) in [4.78, 5) is 4.04. The number of methoxy groups -OCH3 is 2. The van der Waals surface area contributed by atoms with Crippen molar-refractivity contribution >= 4 is 0 Å². The van der Waals surface area contributed by atoms with Gasteiger partial charge in [-0.3, -0.25) is 0 Å². The molecule has 2 atom stereocenters. The van der Waals surface area contributed by atoms with Gasteiger partial charge in [-0.25, -0.2) is 4.98 Å². The lowest BCUT2D eigenvalue weighted by atomic mass is 10.0. The Hall–Kier alpha value is -2.83. The van der Waals surface area contributed by atoms with E-state index >= 15 is 0 Å². The van der Waals surface area contributed by atoms with Gasteiger partial charge in [-0.15, -0.1) is 0 Å². The summed E-state index contributed by atoms with van der Waals surface area (Å²) in [6, 6.07) is 15.9. The largest absolute Gasteiger partial charge is 0.497 e. The molecule has 3 rings (SSSR count). The summed E-state index contributed by atoms with van der Waals surface area (Å²) in [5.41, 5.74) is 2.32. The number of imidazole rings is 1. The molecular weight excluding hydrogens is 380 g/mol. The van der Waals surface area contributed by atoms with Crippen LogP contribution in [0.2, 0.25) is 0 Å². The molecule has 2 unspecified atom stereocenters. The van der Waals surface area contributed by atoms with E-state index < -0.39 is 6.23 Å². The molecule has 0 saturated carbocycles. The first kappa shape index (κ1) is 21.9. The van der Waals surface area contributed by atoms with Gasteiger partial charge in [0, 0.05) is 12.4 Å². The minimum Gasteiger partial charge on any atom is -0.497 e. The molecule has 0 aliphatic heterocycles. The van der Waals surface area contributed by atoms with E-state index in [1.54, 1.807) is 37.5 Å². The first-order valence-electron chi connectivity index (χ1n) is 10.2. The predicted octanol–water partition coefficient (Wildman–Crippen LogP) is 4.39. The Kier molecular flexibility index (Phi) is 8.30. The Labute approximate surface area is 178 Å². The summed E-state index contributed by atoms with van der Waals surface area (Å²) in [5, 5.41) is 10.8. The Balaban J connectivity index is 1.53. The molecule has 0 fully saturated rings. The molecule has 3 aromatic rings. The maximum absolute atomic E-state index is 10.8. The van der Waals surface area contributed by atoms with Crippen molar-refractivity contribution in [2.24, 2.45) is 0 Å². The van der Waals surface area contributed by atoms with Crippen molar-refractivity contribution in [3.8, 4) is 11.5 Å². The van der Waals surface area contributed by atoms with Gasteiger partial charge < -0.3 is 23.9 Å². The molecule has 0 saturated heterocycles. The molecule has 0 amide bonds. The fourth-order valence-electron chi connectivity index (χ4n) is 3.33. The lowest BCUT2D eigenvalue weighted by Crippen LogP contribution is -2.26. The van der Waals surface area contributed by atoms with E-state index in [4.69, 9.17) is 14.2 Å². The quantitative estimate of drug-likeness (QED) is 0.449. The molecule has 0 aliphatic rings. The first-order valence-corrected chi connectivity index (χ1v) is 10.2. The summed E-state index contributed by atoms with van der Waals surface area (Å²) in [6.07, 6.45) is 7.65. The SMILES string of the molecule is COc1ccc(CCCCC(OCc2ccc(OC)cc2)C(O)n2ccnc2)cc1. The second-order valence-electron chi connectivity index (χ2n) is 7.21. The average Bonchev–Trinajstić information content (AvgIpc) is 3.34. The Morgan fingerprint density at radius 1 is 0.900 bits per heavy atom. The number of unbranched alkanes of at least 4 members (excludes halogenated alkanes) is 1. The smallest absolute Gasteiger partial charge is 0.157 e. The zero-order valence-electron chi connectivity index (χ0n) is 17.6. The number of ether oxygens (including phenoxy) is 3. The summed E-state index contributed by atoms with van der Waals surface area (Å²) in [5.74, 6) is 1.68. The predicted molar refractivity (Wildman–Crippen MR) is 116 cm³/mol. The highest BCUT2D eigenvalue weighted by Crippen LogP contribution is 2.21. The van der Waals surface area contributed by atoms with Crippen LogP contribution in [0, 0.1) is 0 Å². The molecule has 1 N–H and O–H groups in total. The number of rotatable bonds is 12. The van der Waals surface area contributed by atoms with Gasteiger partial charge in [0.25, 0.3) is 0 Å². The normalized spacial score (nSPS) is 13.0. The van der Waals surface area contributed by atoms with Crippen molar-refractivity contribution in [2.45, 2.75) is 44.6 Å². The highest BCUT2D eigenvalue weighted by molar-refractivity contribution is 5.27. The van der Waals surface area contributed by atoms with Crippen molar-refractivity contribution in [1.29, 1.82) is 0 Å². The monoisotopic (exact) mass is 410 g/mol. The summed E-state index contributed by atoms with van der Waals surface area (Å²) < 4.78 is 18.2. The maximum atomic E-state index is 10.8. The van der Waals surface area contributed by atoms with E-state index in [9.17, 15) is 5.11 Å². The van der Waals surface area contributed by atoms with Gasteiger partial charge in [0.15, 0.2) is 6.23 Å². The Bertz CT molecular complexity index is 848. The third kappa shape index (κ3) is 6.34. The van der Waals surface area contributed by atoms with Gasteiger partial charge in [-0.2, -0.15) is 0 Å². The zero-order valence-corrected chi connectivity index (χ0v) is 17.6. The molecule has 1 aromatic heterocycles. The number of aromatic nitrogens is 2. The van der Waals surface area contributed by atoms with Crippen molar-refractivity contribution in [3.05, 3.63) is 78.4 Å². The van der Waals surface area contributed by atoms with Gasteiger partial charge in [-0.05, 0) is 54.7 Å². The average molecular weight is 411 g/mol. The van der Waals surface area contributed by atoms with Crippen molar-refractivity contribution in [2.75, 3.05) is 14.2 Å². The topological polar surface area (TPSA) is 65.7 Å². The molecular formula is C24H30N2O4. The number of hydrogen-bond acceptors (Lipinski definition) is 5.